The predicted octanol–water partition coefficient (Wildman–Crippen LogP) is 8.99. The number of carbonyl (C=O) groups is 1. The number of aldehydes is 1. The van der Waals surface area contributed by atoms with E-state index in [0.29, 0.717) is 12.3 Å². The Hall–Kier alpha value is -2.17. The summed E-state index contributed by atoms with van der Waals surface area (Å²) in [6, 6.07) is 15.7. The normalized spacial score (nSPS) is 13.5. The van der Waals surface area contributed by atoms with Crippen molar-refractivity contribution in [3.05, 3.63) is 64.7 Å². The van der Waals surface area contributed by atoms with Crippen molar-refractivity contribution in [3.8, 4) is 5.75 Å². The molecule has 0 N–H and O–H groups in total. The Labute approximate surface area is 260 Å². The van der Waals surface area contributed by atoms with Gasteiger partial charge < -0.3 is 19.3 Å². The molecule has 2 atom stereocenters. The highest BCUT2D eigenvalue weighted by Crippen LogP contribution is 2.33. The maximum atomic E-state index is 9.17. The van der Waals surface area contributed by atoms with Gasteiger partial charge in [-0.1, -0.05) is 70.5 Å². The lowest BCUT2D eigenvalue weighted by molar-refractivity contribution is -0.107. The summed E-state index contributed by atoms with van der Waals surface area (Å²) < 4.78 is 5.49. The highest BCUT2D eigenvalue weighted by atomic mass is 16.5. The first kappa shape index (κ1) is 37.9. The van der Waals surface area contributed by atoms with Crippen molar-refractivity contribution in [2.45, 2.75) is 111 Å². The Morgan fingerprint density at radius 2 is 1.57 bits per heavy atom. The zero-order valence-electron chi connectivity index (χ0n) is 28.6. The Morgan fingerprint density at radius 3 is 2.21 bits per heavy atom. The van der Waals surface area contributed by atoms with Crippen LogP contribution in [0.5, 0.6) is 5.75 Å². The van der Waals surface area contributed by atoms with Crippen LogP contribution in [0.1, 0.15) is 114 Å². The van der Waals surface area contributed by atoms with Crippen LogP contribution in [0.25, 0.3) is 0 Å². The number of carbonyl (C=O) groups excluding carboxylic acids is 1. The third-order valence-corrected chi connectivity index (χ3v) is 8.33. The number of hydrogen-bond donors (Lipinski definition) is 0. The van der Waals surface area contributed by atoms with Crippen molar-refractivity contribution >= 4 is 6.29 Å². The van der Waals surface area contributed by atoms with Crippen LogP contribution in [0.2, 0.25) is 0 Å². The quantitative estimate of drug-likeness (QED) is 0.138. The summed E-state index contributed by atoms with van der Waals surface area (Å²) in [5.74, 6) is 2.45. The van der Waals surface area contributed by atoms with E-state index in [0.717, 1.165) is 24.4 Å². The van der Waals surface area contributed by atoms with E-state index in [4.69, 9.17) is 4.74 Å². The largest absolute Gasteiger partial charge is 0.496 e. The topological polar surface area (TPSA) is 32.8 Å². The van der Waals surface area contributed by atoms with Crippen molar-refractivity contribution in [1.29, 1.82) is 0 Å². The minimum atomic E-state index is 0.639. The van der Waals surface area contributed by atoms with Crippen molar-refractivity contribution in [3.63, 3.8) is 0 Å². The van der Waals surface area contributed by atoms with E-state index >= 15 is 0 Å². The molecule has 0 radical (unpaired) electrons. The van der Waals surface area contributed by atoms with Crippen molar-refractivity contribution in [2.75, 3.05) is 47.9 Å². The van der Waals surface area contributed by atoms with Gasteiger partial charge >= 0.3 is 0 Å². The molecule has 0 aliphatic heterocycles. The van der Waals surface area contributed by atoms with Gasteiger partial charge in [-0.25, -0.2) is 0 Å². The molecule has 0 saturated carbocycles. The number of unbranched alkanes of at least 4 members (excludes halogenated alkanes) is 2. The number of rotatable bonds is 17. The summed E-state index contributed by atoms with van der Waals surface area (Å²) in [5, 5.41) is 0. The lowest BCUT2D eigenvalue weighted by atomic mass is 9.84. The fourth-order valence-corrected chi connectivity index (χ4v) is 5.65. The molecule has 0 saturated heterocycles. The number of hydrogen-bond acceptors (Lipinski definition) is 4. The number of nitrogens with zero attached hydrogens (tertiary/aromatic N) is 2. The fraction of sp³-hybridized carbons (Fsp3) is 0.658. The van der Waals surface area contributed by atoms with E-state index in [2.05, 4.69) is 88.1 Å². The average molecular weight is 581 g/mol. The number of aryl methyl sites for hydroxylation is 3. The van der Waals surface area contributed by atoms with Crippen molar-refractivity contribution in [1.82, 2.24) is 9.80 Å². The fourth-order valence-electron chi connectivity index (χ4n) is 5.65. The molecular weight excluding hydrogens is 516 g/mol. The molecule has 3 rings (SSSR count). The van der Waals surface area contributed by atoms with E-state index < -0.39 is 0 Å². The number of benzene rings is 2. The van der Waals surface area contributed by atoms with Crippen LogP contribution in [0.3, 0.4) is 0 Å². The van der Waals surface area contributed by atoms with Crippen LogP contribution in [0.4, 0.5) is 0 Å². The van der Waals surface area contributed by atoms with Gasteiger partial charge in [0.2, 0.25) is 0 Å². The molecule has 0 amide bonds. The van der Waals surface area contributed by atoms with E-state index in [1.54, 1.807) is 23.8 Å². The van der Waals surface area contributed by atoms with Gasteiger partial charge in [0.25, 0.3) is 0 Å². The highest BCUT2D eigenvalue weighted by molar-refractivity contribution is 5.48. The molecule has 0 heterocycles. The Kier molecular flexibility index (Phi) is 21.0. The van der Waals surface area contributed by atoms with E-state index in [9.17, 15) is 4.79 Å². The van der Waals surface area contributed by atoms with Gasteiger partial charge in [-0.3, -0.25) is 0 Å². The van der Waals surface area contributed by atoms with E-state index in [1.165, 1.54) is 89.4 Å². The molecule has 2 aromatic rings. The lowest BCUT2D eigenvalue weighted by Gasteiger charge is -2.21. The molecule has 0 spiro atoms. The lowest BCUT2D eigenvalue weighted by Crippen LogP contribution is -2.22. The smallest absolute Gasteiger partial charge is 0.122 e. The van der Waals surface area contributed by atoms with Gasteiger partial charge in [0.15, 0.2) is 0 Å². The third-order valence-electron chi connectivity index (χ3n) is 8.33. The van der Waals surface area contributed by atoms with Crippen LogP contribution in [-0.2, 0) is 24.1 Å². The van der Waals surface area contributed by atoms with Gasteiger partial charge in [-0.15, -0.1) is 0 Å². The van der Waals surface area contributed by atoms with Crippen LogP contribution in [0.15, 0.2) is 42.5 Å². The molecule has 238 valence electrons. The van der Waals surface area contributed by atoms with Crippen LogP contribution >= 0.6 is 0 Å². The monoisotopic (exact) mass is 580 g/mol. The zero-order chi connectivity index (χ0) is 31.2. The summed E-state index contributed by atoms with van der Waals surface area (Å²) >= 11 is 0. The Bertz CT molecular complexity index is 958. The molecule has 2 aromatic carbocycles. The summed E-state index contributed by atoms with van der Waals surface area (Å²) in [6.07, 6.45) is 15.6. The molecule has 1 aliphatic rings. The summed E-state index contributed by atoms with van der Waals surface area (Å²) in [4.78, 5) is 13.9. The predicted molar refractivity (Wildman–Crippen MR) is 183 cm³/mol. The SMILES string of the molecule is CCC(CC(C)CCc1ccccc1OC)c1ccc2c(c1)CCC2.CCC=O.CCCCN(C)CCCCN(C)C. The van der Waals surface area contributed by atoms with Gasteiger partial charge in [-0.05, 0) is 145 Å². The first-order chi connectivity index (χ1) is 20.3. The molecular formula is C38H64N2O2. The second-order valence-electron chi connectivity index (χ2n) is 12.4. The van der Waals surface area contributed by atoms with Crippen molar-refractivity contribution in [2.24, 2.45) is 5.92 Å². The Morgan fingerprint density at radius 1 is 0.905 bits per heavy atom. The first-order valence-electron chi connectivity index (χ1n) is 16.8. The maximum absolute atomic E-state index is 9.17. The minimum Gasteiger partial charge on any atom is -0.496 e. The summed E-state index contributed by atoms with van der Waals surface area (Å²) in [7, 11) is 8.27. The second-order valence-corrected chi connectivity index (χ2v) is 12.4. The number of fused-ring (bicyclic) bond motifs is 1. The van der Waals surface area contributed by atoms with E-state index in [1.807, 2.05) is 13.0 Å². The maximum Gasteiger partial charge on any atom is 0.122 e. The third kappa shape index (κ3) is 15.9. The molecule has 4 heteroatoms. The zero-order valence-corrected chi connectivity index (χ0v) is 28.6. The van der Waals surface area contributed by atoms with Gasteiger partial charge in [0, 0.05) is 6.42 Å². The second kappa shape index (κ2) is 23.3. The van der Waals surface area contributed by atoms with Gasteiger partial charge in [0.05, 0.1) is 7.11 Å². The van der Waals surface area contributed by atoms with Gasteiger partial charge in [0.1, 0.15) is 12.0 Å². The first-order valence-corrected chi connectivity index (χ1v) is 16.8. The average Bonchev–Trinajstić information content (AvgIpc) is 3.48. The Balaban J connectivity index is 0.000000437. The van der Waals surface area contributed by atoms with Crippen LogP contribution in [-0.4, -0.2) is 64.0 Å². The molecule has 0 bridgehead atoms. The number of ether oxygens (including phenoxy) is 1. The number of para-hydroxylation sites is 1. The molecule has 2 unspecified atom stereocenters. The van der Waals surface area contributed by atoms with E-state index in [-0.39, 0.29) is 0 Å². The molecule has 0 fully saturated rings. The molecule has 0 aromatic heterocycles. The summed E-state index contributed by atoms with van der Waals surface area (Å²) in [5.41, 5.74) is 6.09. The van der Waals surface area contributed by atoms with Crippen LogP contribution < -0.4 is 4.74 Å². The minimum absolute atomic E-state index is 0.639. The standard InChI is InChI=1S/C24H32O.C11H26N2.C3H6O/c1-4-19(23-15-14-20-9-7-10-22(20)17-23)16-18(2)12-13-21-8-5-6-11-24(21)25-3;1-5-6-10-13(4)11-8-7-9-12(2)3;1-2-3-4/h5-6,8,11,14-15,17-19H,4,7,9-10,12-13,16H2,1-3H3;5-11H2,1-4H3;3H,2H2,1H3. The van der Waals surface area contributed by atoms with Crippen LogP contribution in [0, 0.1) is 5.92 Å². The van der Waals surface area contributed by atoms with Crippen molar-refractivity contribution < 1.29 is 9.53 Å². The van der Waals surface area contributed by atoms with Gasteiger partial charge in [-0.2, -0.15) is 0 Å². The summed E-state index contributed by atoms with van der Waals surface area (Å²) in [6.45, 7) is 12.6. The highest BCUT2D eigenvalue weighted by Gasteiger charge is 2.18. The molecule has 1 aliphatic carbocycles. The number of methoxy groups -OCH3 is 1. The molecule has 4 nitrogen and oxygen atoms in total. The molecule has 42 heavy (non-hydrogen) atoms.